The van der Waals surface area contributed by atoms with Crippen molar-refractivity contribution in [3.8, 4) is 0 Å². The first-order valence-corrected chi connectivity index (χ1v) is 10.4. The van der Waals surface area contributed by atoms with Crippen LogP contribution in [0.3, 0.4) is 0 Å². The number of halogens is 1. The van der Waals surface area contributed by atoms with E-state index in [0.29, 0.717) is 0 Å². The first kappa shape index (κ1) is 23.2. The van der Waals surface area contributed by atoms with Crippen molar-refractivity contribution in [3.63, 3.8) is 0 Å². The molecule has 1 aromatic rings. The molecule has 1 saturated heterocycles. The van der Waals surface area contributed by atoms with Gasteiger partial charge in [-0.05, 0) is 63.5 Å². The summed E-state index contributed by atoms with van der Waals surface area (Å²) in [7, 11) is 1.83. The van der Waals surface area contributed by atoms with Crippen LogP contribution in [0.1, 0.15) is 40.2 Å². The van der Waals surface area contributed by atoms with Gasteiger partial charge in [0.25, 0.3) is 0 Å². The van der Waals surface area contributed by atoms with Crippen LogP contribution in [0.5, 0.6) is 0 Å². The molecule has 0 aliphatic carbocycles. The van der Waals surface area contributed by atoms with Gasteiger partial charge in [0, 0.05) is 51.5 Å². The number of allylic oxidation sites excluding steroid dienone is 4. The molecule has 29 heavy (non-hydrogen) atoms. The number of rotatable bonds is 7. The largest absolute Gasteiger partial charge is 0.296 e. The Labute approximate surface area is 176 Å². The minimum Gasteiger partial charge on any atom is -0.296 e. The van der Waals surface area contributed by atoms with Crippen LogP contribution in [0.15, 0.2) is 58.6 Å². The quantitative estimate of drug-likeness (QED) is 0.464. The van der Waals surface area contributed by atoms with Crippen LogP contribution in [-0.2, 0) is 0 Å². The summed E-state index contributed by atoms with van der Waals surface area (Å²) in [5, 5.41) is 0. The maximum absolute atomic E-state index is 13.4. The van der Waals surface area contributed by atoms with E-state index in [1.54, 1.807) is 12.1 Å². The fraction of sp³-hybridized carbons (Fsp3) is 0.480. The Morgan fingerprint density at radius 1 is 1.10 bits per heavy atom. The Bertz CT molecular complexity index is 773. The molecule has 0 unspecified atom stereocenters. The molecule has 4 heteroatoms. The molecular formula is C25H36FN3. The lowest BCUT2D eigenvalue weighted by molar-refractivity contribution is 0.0867. The van der Waals surface area contributed by atoms with Crippen LogP contribution >= 0.6 is 0 Å². The first-order valence-electron chi connectivity index (χ1n) is 10.4. The topological polar surface area (TPSA) is 18.8 Å². The molecular weight excluding hydrogens is 361 g/mol. The van der Waals surface area contributed by atoms with E-state index >= 15 is 0 Å². The number of benzene rings is 1. The zero-order valence-corrected chi connectivity index (χ0v) is 18.9. The summed E-state index contributed by atoms with van der Waals surface area (Å²) in [5.74, 6) is -0.198. The first-order chi connectivity index (χ1) is 13.8. The van der Waals surface area contributed by atoms with Gasteiger partial charge >= 0.3 is 0 Å². The van der Waals surface area contributed by atoms with Gasteiger partial charge in [-0.15, -0.1) is 0 Å². The lowest BCUT2D eigenvalue weighted by Gasteiger charge is -2.45. The van der Waals surface area contributed by atoms with Crippen molar-refractivity contribution < 1.29 is 4.39 Å². The standard InChI is InChI=1S/C25H36FN3/c1-7-8-9-24(21-10-12-23(26)13-11-21)25(4,5)29-16-14-28(15-17-29)19-22(18-27-6)20(2)3/h7-13,18H,14-17,19H2,1-6H3/b8-7-,24-9-,27-18?. The molecule has 0 radical (unpaired) electrons. The molecule has 0 amide bonds. The van der Waals surface area contributed by atoms with Crippen LogP contribution in [0, 0.1) is 5.82 Å². The van der Waals surface area contributed by atoms with Gasteiger partial charge in [0.15, 0.2) is 0 Å². The molecule has 3 nitrogen and oxygen atoms in total. The molecule has 0 spiro atoms. The molecule has 0 saturated carbocycles. The molecule has 0 N–H and O–H groups in total. The molecule has 1 aromatic carbocycles. The Morgan fingerprint density at radius 2 is 1.72 bits per heavy atom. The van der Waals surface area contributed by atoms with Crippen molar-refractivity contribution >= 4 is 11.8 Å². The van der Waals surface area contributed by atoms with Gasteiger partial charge in [0.05, 0.1) is 0 Å². The van der Waals surface area contributed by atoms with Crippen LogP contribution in [0.25, 0.3) is 5.57 Å². The zero-order valence-electron chi connectivity index (χ0n) is 18.9. The van der Waals surface area contributed by atoms with Crippen LogP contribution in [-0.4, -0.2) is 61.3 Å². The van der Waals surface area contributed by atoms with Gasteiger partial charge < -0.3 is 0 Å². The van der Waals surface area contributed by atoms with Gasteiger partial charge in [-0.25, -0.2) is 4.39 Å². The molecule has 2 rings (SSSR count). The number of hydrogen-bond donors (Lipinski definition) is 0. The molecule has 0 bridgehead atoms. The van der Waals surface area contributed by atoms with Gasteiger partial charge in [-0.3, -0.25) is 14.8 Å². The smallest absolute Gasteiger partial charge is 0.123 e. The molecule has 1 aliphatic rings. The summed E-state index contributed by atoms with van der Waals surface area (Å²) in [5.41, 5.74) is 4.77. The monoisotopic (exact) mass is 397 g/mol. The molecule has 0 aromatic heterocycles. The van der Waals surface area contributed by atoms with Crippen LogP contribution < -0.4 is 0 Å². The summed E-state index contributed by atoms with van der Waals surface area (Å²) < 4.78 is 13.4. The van der Waals surface area contributed by atoms with Crippen molar-refractivity contribution in [3.05, 3.63) is 65.0 Å². The second-order valence-corrected chi connectivity index (χ2v) is 8.35. The predicted molar refractivity (Wildman–Crippen MR) is 124 cm³/mol. The Kier molecular flexibility index (Phi) is 8.54. The SMILES string of the molecule is C/C=C\C=C(\c1ccc(F)cc1)C(C)(C)N1CCN(CC(C=NC)=C(C)C)CC1. The highest BCUT2D eigenvalue weighted by atomic mass is 19.1. The van der Waals surface area contributed by atoms with Crippen LogP contribution in [0.4, 0.5) is 4.39 Å². The molecule has 1 aliphatic heterocycles. The summed E-state index contributed by atoms with van der Waals surface area (Å²) >= 11 is 0. The zero-order chi connectivity index (χ0) is 21.4. The van der Waals surface area contributed by atoms with Crippen molar-refractivity contribution in [1.29, 1.82) is 0 Å². The van der Waals surface area contributed by atoms with Gasteiger partial charge in [0.2, 0.25) is 0 Å². The summed E-state index contributed by atoms with van der Waals surface area (Å²) in [6, 6.07) is 6.86. The van der Waals surface area contributed by atoms with Crippen molar-refractivity contribution in [2.45, 2.75) is 40.2 Å². The van der Waals surface area contributed by atoms with E-state index in [1.165, 1.54) is 16.7 Å². The Morgan fingerprint density at radius 3 is 2.24 bits per heavy atom. The predicted octanol–water partition coefficient (Wildman–Crippen LogP) is 5.22. The number of piperazine rings is 1. The van der Waals surface area contributed by atoms with E-state index in [1.807, 2.05) is 38.4 Å². The Hall–Kier alpha value is -2.04. The van der Waals surface area contributed by atoms with Gasteiger partial charge in [0.1, 0.15) is 5.82 Å². The summed E-state index contributed by atoms with van der Waals surface area (Å²) in [6.07, 6.45) is 8.26. The minimum absolute atomic E-state index is 0.145. The molecule has 1 fully saturated rings. The van der Waals surface area contributed by atoms with E-state index in [9.17, 15) is 4.39 Å². The second kappa shape index (κ2) is 10.7. The fourth-order valence-electron chi connectivity index (χ4n) is 3.84. The number of hydrogen-bond acceptors (Lipinski definition) is 3. The van der Waals surface area contributed by atoms with Crippen molar-refractivity contribution in [1.82, 2.24) is 9.80 Å². The minimum atomic E-state index is -0.198. The lowest BCUT2D eigenvalue weighted by Crippen LogP contribution is -2.55. The second-order valence-electron chi connectivity index (χ2n) is 8.35. The summed E-state index contributed by atoms with van der Waals surface area (Å²) in [4.78, 5) is 9.25. The van der Waals surface area contributed by atoms with Crippen molar-refractivity contribution in [2.75, 3.05) is 39.8 Å². The summed E-state index contributed by atoms with van der Waals surface area (Å²) in [6.45, 7) is 15.9. The van der Waals surface area contributed by atoms with Gasteiger partial charge in [-0.2, -0.15) is 0 Å². The van der Waals surface area contributed by atoms with E-state index in [-0.39, 0.29) is 11.4 Å². The van der Waals surface area contributed by atoms with E-state index < -0.39 is 0 Å². The molecule has 158 valence electrons. The third-order valence-electron chi connectivity index (χ3n) is 5.75. The fourth-order valence-corrected chi connectivity index (χ4v) is 3.84. The maximum Gasteiger partial charge on any atom is 0.123 e. The van der Waals surface area contributed by atoms with E-state index in [0.717, 1.165) is 38.3 Å². The van der Waals surface area contributed by atoms with Gasteiger partial charge in [-0.1, -0.05) is 35.9 Å². The van der Waals surface area contributed by atoms with E-state index in [4.69, 9.17) is 0 Å². The average Bonchev–Trinajstić information content (AvgIpc) is 2.69. The molecule has 1 heterocycles. The highest BCUT2D eigenvalue weighted by molar-refractivity contribution is 5.80. The van der Waals surface area contributed by atoms with E-state index in [2.05, 4.69) is 54.6 Å². The number of aliphatic imine (C=N–C) groups is 1. The highest BCUT2D eigenvalue weighted by Crippen LogP contribution is 2.33. The average molecular weight is 398 g/mol. The van der Waals surface area contributed by atoms with Crippen LogP contribution in [0.2, 0.25) is 0 Å². The Balaban J connectivity index is 2.16. The molecule has 0 atom stereocenters. The lowest BCUT2D eigenvalue weighted by atomic mass is 9.85. The highest BCUT2D eigenvalue weighted by Gasteiger charge is 2.33. The third kappa shape index (κ3) is 6.22. The number of nitrogens with zero attached hydrogens (tertiary/aromatic N) is 3. The normalized spacial score (nSPS) is 17.4. The third-order valence-corrected chi connectivity index (χ3v) is 5.75. The maximum atomic E-state index is 13.4. The van der Waals surface area contributed by atoms with Crippen molar-refractivity contribution in [2.24, 2.45) is 4.99 Å².